The summed E-state index contributed by atoms with van der Waals surface area (Å²) in [5, 5.41) is 14.5. The largest absolute Gasteiger partial charge is 0.476 e. The molecule has 0 aliphatic heterocycles. The zero-order valence-corrected chi connectivity index (χ0v) is 10.8. The Labute approximate surface area is 109 Å². The predicted octanol–water partition coefficient (Wildman–Crippen LogP) is 1.98. The van der Waals surface area contributed by atoms with Gasteiger partial charge in [-0.2, -0.15) is 0 Å². The lowest BCUT2D eigenvalue weighted by molar-refractivity contribution is 0.0696. The summed E-state index contributed by atoms with van der Waals surface area (Å²) in [7, 11) is 0. The van der Waals surface area contributed by atoms with E-state index in [2.05, 4.69) is 10.3 Å². The number of nitrogens with one attached hydrogen (secondary N) is 1. The van der Waals surface area contributed by atoms with E-state index < -0.39 is 5.97 Å². The van der Waals surface area contributed by atoms with E-state index in [1.54, 1.807) is 0 Å². The van der Waals surface area contributed by atoms with E-state index in [4.69, 9.17) is 5.11 Å². The summed E-state index contributed by atoms with van der Waals surface area (Å²) in [6.07, 6.45) is 4.33. The van der Waals surface area contributed by atoms with Gasteiger partial charge in [0, 0.05) is 18.0 Å². The molecule has 0 radical (unpaired) electrons. The van der Waals surface area contributed by atoms with E-state index in [0.29, 0.717) is 6.04 Å². The molecule has 2 N–H and O–H groups in total. The van der Waals surface area contributed by atoms with Crippen LogP contribution in [0.5, 0.6) is 0 Å². The first-order valence-electron chi connectivity index (χ1n) is 6.65. The average Bonchev–Trinajstić information content (AvgIpc) is 2.81. The molecule has 4 nitrogen and oxygen atoms in total. The summed E-state index contributed by atoms with van der Waals surface area (Å²) in [6.45, 7) is 0.723. The van der Waals surface area contributed by atoms with E-state index in [1.807, 2.05) is 5.38 Å². The molecule has 0 aromatic carbocycles. The van der Waals surface area contributed by atoms with Crippen LogP contribution in [0.2, 0.25) is 0 Å². The van der Waals surface area contributed by atoms with Crippen LogP contribution in [0.4, 0.5) is 0 Å². The van der Waals surface area contributed by atoms with Gasteiger partial charge in [-0.3, -0.25) is 0 Å². The zero-order valence-electron chi connectivity index (χ0n) is 10.0. The molecule has 4 unspecified atom stereocenters. The van der Waals surface area contributed by atoms with Crippen LogP contribution in [-0.4, -0.2) is 22.1 Å². The van der Waals surface area contributed by atoms with Gasteiger partial charge in [-0.25, -0.2) is 9.78 Å². The van der Waals surface area contributed by atoms with Crippen molar-refractivity contribution in [2.45, 2.75) is 31.8 Å². The molecule has 3 saturated carbocycles. The first-order chi connectivity index (χ1) is 8.74. The number of carbonyl (C=O) groups is 1. The van der Waals surface area contributed by atoms with Crippen LogP contribution in [0.15, 0.2) is 5.38 Å². The molecule has 0 spiro atoms. The van der Waals surface area contributed by atoms with E-state index in [-0.39, 0.29) is 5.01 Å². The molecule has 0 amide bonds. The molecule has 1 aromatic heterocycles. The highest BCUT2D eigenvalue weighted by molar-refractivity contribution is 7.11. The second kappa shape index (κ2) is 3.78. The average molecular weight is 264 g/mol. The summed E-state index contributed by atoms with van der Waals surface area (Å²) >= 11 is 1.21. The lowest BCUT2D eigenvalue weighted by atomic mass is 10.0. The Bertz CT molecular complexity index is 485. The molecule has 96 valence electrons. The molecule has 2 bridgehead atoms. The van der Waals surface area contributed by atoms with Gasteiger partial charge >= 0.3 is 5.97 Å². The highest BCUT2D eigenvalue weighted by Gasteiger charge is 2.64. The normalized spacial score (nSPS) is 39.9. The predicted molar refractivity (Wildman–Crippen MR) is 67.5 cm³/mol. The van der Waals surface area contributed by atoms with Crippen molar-refractivity contribution in [3.8, 4) is 0 Å². The molecule has 4 atom stereocenters. The molecule has 18 heavy (non-hydrogen) atoms. The van der Waals surface area contributed by atoms with Crippen molar-refractivity contribution in [3.63, 3.8) is 0 Å². The molecule has 5 heteroatoms. The zero-order chi connectivity index (χ0) is 12.3. The van der Waals surface area contributed by atoms with E-state index in [0.717, 1.165) is 35.9 Å². The maximum Gasteiger partial charge on any atom is 0.365 e. The fourth-order valence-corrected chi connectivity index (χ4v) is 4.96. The highest BCUT2D eigenvalue weighted by atomic mass is 32.1. The first kappa shape index (κ1) is 10.9. The molecule has 3 fully saturated rings. The van der Waals surface area contributed by atoms with E-state index >= 15 is 0 Å². The van der Waals surface area contributed by atoms with Gasteiger partial charge in [0.15, 0.2) is 0 Å². The molecule has 1 aromatic rings. The molecule has 1 heterocycles. The van der Waals surface area contributed by atoms with Gasteiger partial charge in [0.05, 0.1) is 5.69 Å². The number of aromatic nitrogens is 1. The number of carboxylic acids is 1. The SMILES string of the molecule is O=C(O)c1nc(CNC2C3C4CCC(C4)C23)cs1. The van der Waals surface area contributed by atoms with Gasteiger partial charge in [0.2, 0.25) is 5.01 Å². The van der Waals surface area contributed by atoms with Crippen LogP contribution in [-0.2, 0) is 6.54 Å². The van der Waals surface area contributed by atoms with Gasteiger partial charge in [0.1, 0.15) is 0 Å². The highest BCUT2D eigenvalue weighted by Crippen LogP contribution is 2.65. The lowest BCUT2D eigenvalue weighted by Gasteiger charge is -2.09. The number of hydrogen-bond acceptors (Lipinski definition) is 4. The molecule has 3 aliphatic rings. The van der Waals surface area contributed by atoms with E-state index in [9.17, 15) is 4.79 Å². The maximum atomic E-state index is 10.7. The van der Waals surface area contributed by atoms with Crippen LogP contribution >= 0.6 is 11.3 Å². The molecule has 3 aliphatic carbocycles. The first-order valence-corrected chi connectivity index (χ1v) is 7.53. The van der Waals surface area contributed by atoms with Gasteiger partial charge in [0.25, 0.3) is 0 Å². The molecular formula is C13H16N2O2S. The number of aromatic carboxylic acids is 1. The van der Waals surface area contributed by atoms with Crippen LogP contribution in [0.3, 0.4) is 0 Å². The van der Waals surface area contributed by atoms with Gasteiger partial charge in [-0.1, -0.05) is 0 Å². The van der Waals surface area contributed by atoms with Crippen molar-refractivity contribution in [2.24, 2.45) is 23.7 Å². The Hall–Kier alpha value is -0.940. The maximum absolute atomic E-state index is 10.7. The van der Waals surface area contributed by atoms with Crippen molar-refractivity contribution in [1.29, 1.82) is 0 Å². The fraction of sp³-hybridized carbons (Fsp3) is 0.692. The minimum absolute atomic E-state index is 0.197. The summed E-state index contributed by atoms with van der Waals surface area (Å²) in [4.78, 5) is 14.9. The summed E-state index contributed by atoms with van der Waals surface area (Å²) in [5.74, 6) is 2.86. The Morgan fingerprint density at radius 1 is 1.44 bits per heavy atom. The summed E-state index contributed by atoms with van der Waals surface area (Å²) in [6, 6.07) is 0.686. The Morgan fingerprint density at radius 2 is 2.17 bits per heavy atom. The third-order valence-corrected chi connectivity index (χ3v) is 5.87. The number of hydrogen-bond donors (Lipinski definition) is 2. The van der Waals surface area contributed by atoms with E-state index in [1.165, 1.54) is 30.6 Å². The number of carboxylic acid groups (broad SMARTS) is 1. The topological polar surface area (TPSA) is 62.2 Å². The number of rotatable bonds is 4. The lowest BCUT2D eigenvalue weighted by Crippen LogP contribution is -2.22. The standard InChI is InChI=1S/C13H16N2O2S/c16-13(17)12-15-8(5-18-12)4-14-11-9-6-1-2-7(3-6)10(9)11/h5-7,9-11,14H,1-4H2,(H,16,17). The summed E-state index contributed by atoms with van der Waals surface area (Å²) in [5.41, 5.74) is 0.870. The molecule has 4 rings (SSSR count). The smallest absolute Gasteiger partial charge is 0.365 e. The van der Waals surface area contributed by atoms with Crippen molar-refractivity contribution >= 4 is 17.3 Å². The monoisotopic (exact) mass is 264 g/mol. The van der Waals surface area contributed by atoms with Crippen LogP contribution < -0.4 is 5.32 Å². The number of thiazole rings is 1. The third-order valence-electron chi connectivity index (χ3n) is 4.99. The van der Waals surface area contributed by atoms with Crippen molar-refractivity contribution in [2.75, 3.05) is 0 Å². The van der Waals surface area contributed by atoms with Crippen molar-refractivity contribution in [3.05, 3.63) is 16.1 Å². The van der Waals surface area contributed by atoms with Crippen LogP contribution in [0.1, 0.15) is 34.8 Å². The second-order valence-electron chi connectivity index (χ2n) is 5.84. The van der Waals surface area contributed by atoms with Crippen molar-refractivity contribution < 1.29 is 9.90 Å². The van der Waals surface area contributed by atoms with Crippen molar-refractivity contribution in [1.82, 2.24) is 10.3 Å². The Morgan fingerprint density at radius 3 is 2.78 bits per heavy atom. The van der Waals surface area contributed by atoms with Gasteiger partial charge < -0.3 is 10.4 Å². The van der Waals surface area contributed by atoms with Gasteiger partial charge in [-0.05, 0) is 42.9 Å². The molecule has 0 saturated heterocycles. The number of fused-ring (bicyclic) bond motifs is 5. The summed E-state index contributed by atoms with van der Waals surface area (Å²) < 4.78 is 0. The Balaban J connectivity index is 1.36. The van der Waals surface area contributed by atoms with Crippen LogP contribution in [0, 0.1) is 23.7 Å². The molecular weight excluding hydrogens is 248 g/mol. The number of nitrogens with zero attached hydrogens (tertiary/aromatic N) is 1. The minimum atomic E-state index is -0.924. The quantitative estimate of drug-likeness (QED) is 0.873. The second-order valence-corrected chi connectivity index (χ2v) is 6.70. The minimum Gasteiger partial charge on any atom is -0.476 e. The third kappa shape index (κ3) is 1.53. The van der Waals surface area contributed by atoms with Crippen LogP contribution in [0.25, 0.3) is 0 Å². The fourth-order valence-electron chi connectivity index (χ4n) is 4.31. The van der Waals surface area contributed by atoms with Gasteiger partial charge in [-0.15, -0.1) is 11.3 Å². The Kier molecular flexibility index (Phi) is 2.29.